The van der Waals surface area contributed by atoms with E-state index in [1.54, 1.807) is 22.9 Å². The van der Waals surface area contributed by atoms with Crippen LogP contribution in [0.15, 0.2) is 29.1 Å². The molecule has 3 aromatic rings. The summed E-state index contributed by atoms with van der Waals surface area (Å²) in [6.07, 6.45) is 1.28. The lowest BCUT2D eigenvalue weighted by atomic mass is 10.2. The molecule has 1 N–H and O–H groups in total. The van der Waals surface area contributed by atoms with E-state index in [2.05, 4.69) is 25.5 Å². The SMILES string of the molecule is CCCn1nnnc1COC(=O)CCc1nc2ccccc2c(=O)[nH]1. The summed E-state index contributed by atoms with van der Waals surface area (Å²) < 4.78 is 6.80. The maximum atomic E-state index is 12.0. The molecule has 0 spiro atoms. The fraction of sp³-hybridized carbons (Fsp3) is 0.375. The Balaban J connectivity index is 1.57. The van der Waals surface area contributed by atoms with Crippen molar-refractivity contribution in [3.05, 3.63) is 46.3 Å². The molecule has 3 rings (SSSR count). The minimum atomic E-state index is -0.401. The van der Waals surface area contributed by atoms with Crippen molar-refractivity contribution in [2.75, 3.05) is 0 Å². The van der Waals surface area contributed by atoms with Crippen LogP contribution in [0.2, 0.25) is 0 Å². The fourth-order valence-corrected chi connectivity index (χ4v) is 2.40. The van der Waals surface area contributed by atoms with Gasteiger partial charge in [-0.3, -0.25) is 9.59 Å². The van der Waals surface area contributed by atoms with Gasteiger partial charge >= 0.3 is 5.97 Å². The van der Waals surface area contributed by atoms with Gasteiger partial charge in [0.05, 0.1) is 17.3 Å². The van der Waals surface area contributed by atoms with Gasteiger partial charge in [-0.1, -0.05) is 19.1 Å². The number of carbonyl (C=O) groups excluding carboxylic acids is 1. The van der Waals surface area contributed by atoms with Gasteiger partial charge < -0.3 is 9.72 Å². The molecule has 2 aromatic heterocycles. The first-order chi connectivity index (χ1) is 12.2. The number of hydrogen-bond donors (Lipinski definition) is 1. The smallest absolute Gasteiger partial charge is 0.306 e. The Morgan fingerprint density at radius 3 is 3.00 bits per heavy atom. The number of fused-ring (bicyclic) bond motifs is 1. The first-order valence-electron chi connectivity index (χ1n) is 8.06. The number of aryl methyl sites for hydroxylation is 2. The molecule has 130 valence electrons. The standard InChI is InChI=1S/C16H18N6O3/c1-2-9-22-14(19-20-21-22)10-25-15(23)8-7-13-17-12-6-4-3-5-11(12)16(24)18-13/h3-6H,2,7-10H2,1H3,(H,17,18,24). The Hall–Kier alpha value is -3.10. The molecule has 0 aliphatic heterocycles. The van der Waals surface area contributed by atoms with Crippen molar-refractivity contribution in [2.24, 2.45) is 0 Å². The number of tetrazole rings is 1. The minimum absolute atomic E-state index is 0.0213. The number of H-pyrrole nitrogens is 1. The largest absolute Gasteiger partial charge is 0.457 e. The highest BCUT2D eigenvalue weighted by Crippen LogP contribution is 2.07. The van der Waals surface area contributed by atoms with Crippen molar-refractivity contribution < 1.29 is 9.53 Å². The zero-order chi connectivity index (χ0) is 17.6. The number of hydrogen-bond acceptors (Lipinski definition) is 7. The molecule has 0 atom stereocenters. The van der Waals surface area contributed by atoms with Crippen LogP contribution >= 0.6 is 0 Å². The van der Waals surface area contributed by atoms with Crippen LogP contribution in [-0.4, -0.2) is 36.1 Å². The first-order valence-corrected chi connectivity index (χ1v) is 8.06. The predicted molar refractivity (Wildman–Crippen MR) is 88.6 cm³/mol. The van der Waals surface area contributed by atoms with Crippen LogP contribution in [0.4, 0.5) is 0 Å². The second kappa shape index (κ2) is 7.65. The molecule has 0 saturated carbocycles. The van der Waals surface area contributed by atoms with Crippen molar-refractivity contribution in [3.8, 4) is 0 Å². The number of ether oxygens (including phenoxy) is 1. The third-order valence-corrected chi connectivity index (χ3v) is 3.63. The van der Waals surface area contributed by atoms with Crippen LogP contribution in [-0.2, 0) is 29.1 Å². The molecule has 0 aliphatic carbocycles. The molecule has 1 aromatic carbocycles. The van der Waals surface area contributed by atoms with E-state index < -0.39 is 5.97 Å². The topological polar surface area (TPSA) is 116 Å². The predicted octanol–water partition coefficient (Wildman–Crippen LogP) is 0.996. The molecule has 0 bridgehead atoms. The lowest BCUT2D eigenvalue weighted by Crippen LogP contribution is -2.14. The zero-order valence-corrected chi connectivity index (χ0v) is 13.8. The summed E-state index contributed by atoms with van der Waals surface area (Å²) in [6, 6.07) is 7.06. The van der Waals surface area contributed by atoms with Crippen LogP contribution in [0.5, 0.6) is 0 Å². The van der Waals surface area contributed by atoms with Gasteiger partial charge in [0.25, 0.3) is 5.56 Å². The normalized spacial score (nSPS) is 10.9. The second-order valence-electron chi connectivity index (χ2n) is 5.51. The Labute approximate surface area is 143 Å². The molecule has 0 amide bonds. The number of rotatable bonds is 7. The lowest BCUT2D eigenvalue weighted by molar-refractivity contribution is -0.145. The fourth-order valence-electron chi connectivity index (χ4n) is 2.40. The maximum absolute atomic E-state index is 12.0. The van der Waals surface area contributed by atoms with Crippen LogP contribution < -0.4 is 5.56 Å². The van der Waals surface area contributed by atoms with Crippen molar-refractivity contribution in [3.63, 3.8) is 0 Å². The molecule has 25 heavy (non-hydrogen) atoms. The first kappa shape index (κ1) is 16.7. The van der Waals surface area contributed by atoms with Gasteiger partial charge in [-0.2, -0.15) is 0 Å². The van der Waals surface area contributed by atoms with Crippen molar-refractivity contribution in [1.82, 2.24) is 30.2 Å². The van der Waals surface area contributed by atoms with Crippen LogP contribution in [0.25, 0.3) is 10.9 Å². The molecule has 0 fully saturated rings. The molecule has 9 nitrogen and oxygen atoms in total. The molecule has 9 heteroatoms. The van der Waals surface area contributed by atoms with Crippen molar-refractivity contribution in [2.45, 2.75) is 39.3 Å². The average Bonchev–Trinajstić information content (AvgIpc) is 3.06. The second-order valence-corrected chi connectivity index (χ2v) is 5.51. The highest BCUT2D eigenvalue weighted by Gasteiger charge is 2.11. The Kier molecular flexibility index (Phi) is 5.12. The van der Waals surface area contributed by atoms with Crippen LogP contribution in [0, 0.1) is 0 Å². The van der Waals surface area contributed by atoms with Gasteiger partial charge in [-0.25, -0.2) is 9.67 Å². The summed E-state index contributed by atoms with van der Waals surface area (Å²) in [5.74, 6) is 0.561. The van der Waals surface area contributed by atoms with E-state index in [1.807, 2.05) is 13.0 Å². The third kappa shape index (κ3) is 4.06. The number of aromatic amines is 1. The van der Waals surface area contributed by atoms with Crippen molar-refractivity contribution >= 4 is 16.9 Å². The number of para-hydroxylation sites is 1. The minimum Gasteiger partial charge on any atom is -0.457 e. The van der Waals surface area contributed by atoms with Gasteiger partial charge in [0.1, 0.15) is 5.82 Å². The number of nitrogens with one attached hydrogen (secondary N) is 1. The van der Waals surface area contributed by atoms with E-state index >= 15 is 0 Å². The molecule has 0 saturated heterocycles. The number of carbonyl (C=O) groups is 1. The summed E-state index contributed by atoms with van der Waals surface area (Å²) >= 11 is 0. The van der Waals surface area contributed by atoms with E-state index in [0.717, 1.165) is 6.42 Å². The lowest BCUT2D eigenvalue weighted by Gasteiger charge is -2.05. The van der Waals surface area contributed by atoms with E-state index in [9.17, 15) is 9.59 Å². The van der Waals surface area contributed by atoms with E-state index in [4.69, 9.17) is 4.74 Å². The number of benzene rings is 1. The third-order valence-electron chi connectivity index (χ3n) is 3.63. The zero-order valence-electron chi connectivity index (χ0n) is 13.8. The summed E-state index contributed by atoms with van der Waals surface area (Å²) in [5, 5.41) is 11.8. The number of esters is 1. The molecule has 0 aliphatic rings. The summed E-state index contributed by atoms with van der Waals surface area (Å²) in [4.78, 5) is 30.9. The highest BCUT2D eigenvalue weighted by molar-refractivity contribution is 5.77. The average molecular weight is 342 g/mol. The molecule has 2 heterocycles. The van der Waals surface area contributed by atoms with E-state index in [-0.39, 0.29) is 18.6 Å². The molecular formula is C16H18N6O3. The van der Waals surface area contributed by atoms with E-state index in [0.29, 0.717) is 35.5 Å². The van der Waals surface area contributed by atoms with Gasteiger partial charge in [-0.15, -0.1) is 5.10 Å². The van der Waals surface area contributed by atoms with Gasteiger partial charge in [-0.05, 0) is 29.0 Å². The van der Waals surface area contributed by atoms with E-state index in [1.165, 1.54) is 0 Å². The van der Waals surface area contributed by atoms with Crippen molar-refractivity contribution in [1.29, 1.82) is 0 Å². The molecule has 0 radical (unpaired) electrons. The molecule has 0 unspecified atom stereocenters. The highest BCUT2D eigenvalue weighted by atomic mass is 16.5. The Morgan fingerprint density at radius 2 is 2.16 bits per heavy atom. The van der Waals surface area contributed by atoms with Crippen LogP contribution in [0.1, 0.15) is 31.4 Å². The van der Waals surface area contributed by atoms with Gasteiger partial charge in [0.15, 0.2) is 12.4 Å². The van der Waals surface area contributed by atoms with Gasteiger partial charge in [0, 0.05) is 13.0 Å². The maximum Gasteiger partial charge on any atom is 0.306 e. The summed E-state index contributed by atoms with van der Waals surface area (Å²) in [6.45, 7) is 2.70. The summed E-state index contributed by atoms with van der Waals surface area (Å²) in [7, 11) is 0. The quantitative estimate of drug-likeness (QED) is 0.637. The number of aromatic nitrogens is 6. The Morgan fingerprint density at radius 1 is 1.32 bits per heavy atom. The Bertz CT molecular complexity index is 933. The summed E-state index contributed by atoms with van der Waals surface area (Å²) in [5.41, 5.74) is 0.390. The molecular weight excluding hydrogens is 324 g/mol. The monoisotopic (exact) mass is 342 g/mol. The van der Waals surface area contributed by atoms with Crippen LogP contribution in [0.3, 0.4) is 0 Å². The van der Waals surface area contributed by atoms with Gasteiger partial charge in [0.2, 0.25) is 0 Å². The number of nitrogens with zero attached hydrogens (tertiary/aromatic N) is 5.